The fraction of sp³-hybridized carbons (Fsp3) is 0.786. The highest BCUT2D eigenvalue weighted by molar-refractivity contribution is 5.83. The van der Waals surface area contributed by atoms with Gasteiger partial charge < -0.3 is 20.4 Å². The zero-order valence-corrected chi connectivity index (χ0v) is 12.5. The Balaban J connectivity index is 2.55. The summed E-state index contributed by atoms with van der Waals surface area (Å²) in [6, 6.07) is -1.27. The number of hydrogen-bond acceptors (Lipinski definition) is 3. The molecule has 0 saturated carbocycles. The van der Waals surface area contributed by atoms with Gasteiger partial charge in [0.1, 0.15) is 6.04 Å². The van der Waals surface area contributed by atoms with E-state index in [0.717, 1.165) is 12.8 Å². The minimum Gasteiger partial charge on any atom is -0.481 e. The minimum absolute atomic E-state index is 0.0992. The van der Waals surface area contributed by atoms with Crippen molar-refractivity contribution in [3.05, 3.63) is 0 Å². The molecule has 7 heteroatoms. The number of carboxylic acid groups (broad SMARTS) is 2. The lowest BCUT2D eigenvalue weighted by atomic mass is 10.0. The van der Waals surface area contributed by atoms with Crippen molar-refractivity contribution in [2.75, 3.05) is 6.54 Å². The molecule has 2 atom stereocenters. The molecule has 2 amide bonds. The topological polar surface area (TPSA) is 107 Å². The fourth-order valence-corrected chi connectivity index (χ4v) is 2.68. The first kappa shape index (κ1) is 17.3. The molecular formula is C14H24N2O5. The smallest absolute Gasteiger partial charge is 0.326 e. The number of amides is 2. The van der Waals surface area contributed by atoms with Gasteiger partial charge >= 0.3 is 18.0 Å². The number of nitrogens with zero attached hydrogens (tertiary/aromatic N) is 1. The first-order valence-corrected chi connectivity index (χ1v) is 7.34. The van der Waals surface area contributed by atoms with Crippen molar-refractivity contribution in [3.8, 4) is 0 Å². The van der Waals surface area contributed by atoms with E-state index in [0.29, 0.717) is 12.5 Å². The summed E-state index contributed by atoms with van der Waals surface area (Å²) in [5, 5.41) is 20.2. The summed E-state index contributed by atoms with van der Waals surface area (Å²) in [6.07, 6.45) is 2.10. The molecule has 120 valence electrons. The zero-order valence-electron chi connectivity index (χ0n) is 12.5. The summed E-state index contributed by atoms with van der Waals surface area (Å²) < 4.78 is 0. The number of carbonyl (C=O) groups excluding carboxylic acids is 1. The maximum atomic E-state index is 12.2. The molecule has 0 aromatic carbocycles. The number of rotatable bonds is 7. The molecule has 21 heavy (non-hydrogen) atoms. The number of carbonyl (C=O) groups is 3. The fourth-order valence-electron chi connectivity index (χ4n) is 2.68. The average Bonchev–Trinajstić information content (AvgIpc) is 2.86. The molecule has 1 heterocycles. The van der Waals surface area contributed by atoms with Gasteiger partial charge in [-0.2, -0.15) is 0 Å². The summed E-state index contributed by atoms with van der Waals surface area (Å²) in [4.78, 5) is 35.5. The van der Waals surface area contributed by atoms with Crippen LogP contribution in [0.3, 0.4) is 0 Å². The van der Waals surface area contributed by atoms with Gasteiger partial charge in [-0.15, -0.1) is 0 Å². The van der Waals surface area contributed by atoms with E-state index in [1.54, 1.807) is 4.90 Å². The second kappa shape index (κ2) is 7.85. The molecule has 3 N–H and O–H groups in total. The van der Waals surface area contributed by atoms with Gasteiger partial charge in [-0.05, 0) is 31.6 Å². The molecular weight excluding hydrogens is 276 g/mol. The molecule has 7 nitrogen and oxygen atoms in total. The van der Waals surface area contributed by atoms with Crippen molar-refractivity contribution in [1.29, 1.82) is 0 Å². The normalized spacial score (nSPS) is 19.6. The highest BCUT2D eigenvalue weighted by atomic mass is 16.4. The Kier molecular flexibility index (Phi) is 6.45. The Morgan fingerprint density at radius 2 is 1.95 bits per heavy atom. The van der Waals surface area contributed by atoms with Crippen molar-refractivity contribution in [3.63, 3.8) is 0 Å². The quantitative estimate of drug-likeness (QED) is 0.661. The first-order chi connectivity index (χ1) is 9.82. The van der Waals surface area contributed by atoms with Gasteiger partial charge in [-0.3, -0.25) is 4.79 Å². The lowest BCUT2D eigenvalue weighted by Crippen LogP contribution is -2.50. The first-order valence-electron chi connectivity index (χ1n) is 7.34. The Labute approximate surface area is 124 Å². The summed E-state index contributed by atoms with van der Waals surface area (Å²) in [5.74, 6) is -1.77. The Morgan fingerprint density at radius 3 is 2.48 bits per heavy atom. The van der Waals surface area contributed by atoms with E-state index in [2.05, 4.69) is 5.32 Å². The second-order valence-electron chi connectivity index (χ2n) is 5.77. The van der Waals surface area contributed by atoms with Gasteiger partial charge in [-0.25, -0.2) is 9.59 Å². The van der Waals surface area contributed by atoms with Crippen LogP contribution in [0.2, 0.25) is 0 Å². The van der Waals surface area contributed by atoms with E-state index in [-0.39, 0.29) is 31.3 Å². The largest absolute Gasteiger partial charge is 0.481 e. The molecule has 0 spiro atoms. The summed E-state index contributed by atoms with van der Waals surface area (Å²) in [6.45, 7) is 4.71. The average molecular weight is 300 g/mol. The van der Waals surface area contributed by atoms with Crippen LogP contribution in [0.5, 0.6) is 0 Å². The number of hydrogen-bond donors (Lipinski definition) is 3. The van der Waals surface area contributed by atoms with Crippen molar-refractivity contribution < 1.29 is 24.6 Å². The predicted octanol–water partition coefficient (Wildman–Crippen LogP) is 1.52. The van der Waals surface area contributed by atoms with E-state index >= 15 is 0 Å². The van der Waals surface area contributed by atoms with Crippen LogP contribution in [-0.4, -0.2) is 51.7 Å². The lowest BCUT2D eigenvalue weighted by Gasteiger charge is -2.29. The van der Waals surface area contributed by atoms with Crippen LogP contribution in [-0.2, 0) is 9.59 Å². The van der Waals surface area contributed by atoms with Gasteiger partial charge in [0.05, 0.1) is 0 Å². The van der Waals surface area contributed by atoms with Crippen LogP contribution in [0.4, 0.5) is 4.79 Å². The van der Waals surface area contributed by atoms with Crippen LogP contribution in [0.1, 0.15) is 46.0 Å². The van der Waals surface area contributed by atoms with Gasteiger partial charge in [-0.1, -0.05) is 13.8 Å². The third-order valence-corrected chi connectivity index (χ3v) is 3.81. The molecule has 1 saturated heterocycles. The number of carboxylic acids is 2. The second-order valence-corrected chi connectivity index (χ2v) is 5.77. The Bertz CT molecular complexity index is 397. The van der Waals surface area contributed by atoms with E-state index < -0.39 is 18.0 Å². The van der Waals surface area contributed by atoms with Gasteiger partial charge in [0.2, 0.25) is 0 Å². The van der Waals surface area contributed by atoms with Crippen LogP contribution in [0, 0.1) is 5.92 Å². The van der Waals surface area contributed by atoms with Crippen LogP contribution in [0.25, 0.3) is 0 Å². The van der Waals surface area contributed by atoms with E-state index in [1.807, 2.05) is 13.8 Å². The molecule has 1 aliphatic heterocycles. The summed E-state index contributed by atoms with van der Waals surface area (Å²) in [7, 11) is 0. The van der Waals surface area contributed by atoms with E-state index in [1.165, 1.54) is 0 Å². The Morgan fingerprint density at radius 1 is 1.29 bits per heavy atom. The molecule has 0 aliphatic carbocycles. The molecule has 0 aromatic heterocycles. The molecule has 1 aliphatic rings. The Hall–Kier alpha value is -1.79. The SMILES string of the molecule is CC(C)C1CCCN1C(=O)N[C@H](CCCC(=O)O)C(=O)O. The van der Waals surface area contributed by atoms with E-state index in [4.69, 9.17) is 10.2 Å². The van der Waals surface area contributed by atoms with E-state index in [9.17, 15) is 14.4 Å². The van der Waals surface area contributed by atoms with Crippen molar-refractivity contribution in [2.24, 2.45) is 5.92 Å². The zero-order chi connectivity index (χ0) is 16.0. The minimum atomic E-state index is -1.13. The highest BCUT2D eigenvalue weighted by Gasteiger charge is 2.32. The monoisotopic (exact) mass is 300 g/mol. The van der Waals surface area contributed by atoms with Gasteiger partial charge in [0, 0.05) is 19.0 Å². The maximum absolute atomic E-state index is 12.2. The molecule has 1 rings (SSSR count). The summed E-state index contributed by atoms with van der Waals surface area (Å²) in [5.41, 5.74) is 0. The predicted molar refractivity (Wildman–Crippen MR) is 76.0 cm³/mol. The number of likely N-dealkylation sites (tertiary alicyclic amines) is 1. The lowest BCUT2D eigenvalue weighted by molar-refractivity contribution is -0.140. The maximum Gasteiger partial charge on any atom is 0.326 e. The third-order valence-electron chi connectivity index (χ3n) is 3.81. The molecule has 1 fully saturated rings. The van der Waals surface area contributed by atoms with Crippen molar-refractivity contribution in [2.45, 2.75) is 58.0 Å². The van der Waals surface area contributed by atoms with Crippen molar-refractivity contribution >= 4 is 18.0 Å². The molecule has 0 bridgehead atoms. The van der Waals surface area contributed by atoms with Gasteiger partial charge in [0.15, 0.2) is 0 Å². The number of aliphatic carboxylic acids is 2. The molecule has 1 unspecified atom stereocenters. The van der Waals surface area contributed by atoms with Crippen LogP contribution in [0.15, 0.2) is 0 Å². The molecule has 0 radical (unpaired) electrons. The van der Waals surface area contributed by atoms with Gasteiger partial charge in [0.25, 0.3) is 0 Å². The number of nitrogens with one attached hydrogen (secondary N) is 1. The number of urea groups is 1. The standard InChI is InChI=1S/C14H24N2O5/c1-9(2)11-6-4-8-16(11)14(21)15-10(13(19)20)5-3-7-12(17)18/h9-11H,3-8H2,1-2H3,(H,15,21)(H,17,18)(H,19,20)/t10-,11?/m1/s1. The summed E-state index contributed by atoms with van der Waals surface area (Å²) >= 11 is 0. The van der Waals surface area contributed by atoms with Crippen LogP contribution >= 0.6 is 0 Å². The van der Waals surface area contributed by atoms with Crippen LogP contribution < -0.4 is 5.32 Å². The molecule has 0 aromatic rings. The van der Waals surface area contributed by atoms with Crippen molar-refractivity contribution in [1.82, 2.24) is 10.2 Å². The highest BCUT2D eigenvalue weighted by Crippen LogP contribution is 2.23. The third kappa shape index (κ3) is 5.24.